The first-order valence-electron chi connectivity index (χ1n) is 7.63. The first-order chi connectivity index (χ1) is 9.29. The van der Waals surface area contributed by atoms with Gasteiger partial charge < -0.3 is 21.1 Å². The number of likely N-dealkylation sites (N-methyl/N-ethyl adjacent to an activating group) is 1. The second kappa shape index (κ2) is 7.38. The van der Waals surface area contributed by atoms with Crippen molar-refractivity contribution in [3.05, 3.63) is 0 Å². The fraction of sp³-hybridized carbons (Fsp3) is 0.933. The molecule has 0 bridgehead atoms. The van der Waals surface area contributed by atoms with Crippen LogP contribution in [0.5, 0.6) is 0 Å². The first-order valence-corrected chi connectivity index (χ1v) is 7.63. The maximum Gasteiger partial charge on any atom is 0.220 e. The number of carbonyl (C=O) groups is 1. The lowest BCUT2D eigenvalue weighted by atomic mass is 9.71. The van der Waals surface area contributed by atoms with Crippen molar-refractivity contribution in [1.29, 1.82) is 0 Å². The molecule has 118 valence electrons. The predicted molar refractivity (Wildman–Crippen MR) is 81.4 cm³/mol. The van der Waals surface area contributed by atoms with Crippen LogP contribution in [-0.4, -0.2) is 55.2 Å². The monoisotopic (exact) mass is 285 g/mol. The zero-order chi connectivity index (χ0) is 15.2. The van der Waals surface area contributed by atoms with Gasteiger partial charge in [0.25, 0.3) is 0 Å². The Balaban J connectivity index is 2.42. The average Bonchev–Trinajstić information content (AvgIpc) is 2.36. The second-order valence-electron chi connectivity index (χ2n) is 6.95. The molecule has 0 aliphatic heterocycles. The molecule has 20 heavy (non-hydrogen) atoms. The molecule has 0 radical (unpaired) electrons. The molecular formula is C15H31N3O2. The van der Waals surface area contributed by atoms with Crippen molar-refractivity contribution >= 4 is 5.91 Å². The average molecular weight is 285 g/mol. The molecular weight excluding hydrogens is 254 g/mol. The molecule has 0 aromatic rings. The maximum atomic E-state index is 12.1. The fourth-order valence-electron chi connectivity index (χ4n) is 3.18. The molecule has 0 aromatic carbocycles. The molecule has 1 aliphatic rings. The van der Waals surface area contributed by atoms with Crippen molar-refractivity contribution < 1.29 is 9.90 Å². The Kier molecular flexibility index (Phi) is 6.43. The normalized spacial score (nSPS) is 21.5. The number of rotatable bonds is 7. The van der Waals surface area contributed by atoms with E-state index >= 15 is 0 Å². The minimum absolute atomic E-state index is 0.0105. The van der Waals surface area contributed by atoms with Gasteiger partial charge in [-0.2, -0.15) is 0 Å². The smallest absolute Gasteiger partial charge is 0.220 e. The Morgan fingerprint density at radius 2 is 1.95 bits per heavy atom. The summed E-state index contributed by atoms with van der Waals surface area (Å²) in [6.45, 7) is 3.13. The van der Waals surface area contributed by atoms with Gasteiger partial charge in [-0.25, -0.2) is 0 Å². The highest BCUT2D eigenvalue weighted by molar-refractivity contribution is 5.76. The van der Waals surface area contributed by atoms with Crippen LogP contribution in [0.25, 0.3) is 0 Å². The first kappa shape index (κ1) is 17.4. The molecule has 1 rings (SSSR count). The second-order valence-corrected chi connectivity index (χ2v) is 6.95. The molecule has 1 fully saturated rings. The number of nitrogens with zero attached hydrogens (tertiary/aromatic N) is 1. The summed E-state index contributed by atoms with van der Waals surface area (Å²) in [5, 5.41) is 13.0. The van der Waals surface area contributed by atoms with Gasteiger partial charge >= 0.3 is 0 Å². The Morgan fingerprint density at radius 1 is 1.35 bits per heavy atom. The van der Waals surface area contributed by atoms with Crippen LogP contribution in [0, 0.1) is 5.41 Å². The molecule has 5 nitrogen and oxygen atoms in total. The summed E-state index contributed by atoms with van der Waals surface area (Å²) in [4.78, 5) is 14.0. The highest BCUT2D eigenvalue weighted by atomic mass is 16.3. The number of carbonyl (C=O) groups excluding carboxylic acids is 1. The predicted octanol–water partition coefficient (Wildman–Crippen LogP) is 0.715. The number of nitrogens with two attached hydrogens (primary N) is 1. The van der Waals surface area contributed by atoms with E-state index in [0.717, 1.165) is 12.8 Å². The van der Waals surface area contributed by atoms with E-state index in [0.29, 0.717) is 19.5 Å². The topological polar surface area (TPSA) is 78.6 Å². The van der Waals surface area contributed by atoms with Gasteiger partial charge in [0.15, 0.2) is 0 Å². The summed E-state index contributed by atoms with van der Waals surface area (Å²) in [6.07, 6.45) is 6.17. The molecule has 1 atom stereocenters. The van der Waals surface area contributed by atoms with Crippen LogP contribution in [0.4, 0.5) is 0 Å². The summed E-state index contributed by atoms with van der Waals surface area (Å²) >= 11 is 0. The van der Waals surface area contributed by atoms with Crippen molar-refractivity contribution in [3.63, 3.8) is 0 Å². The zero-order valence-electron chi connectivity index (χ0n) is 13.2. The maximum absolute atomic E-state index is 12.1. The van der Waals surface area contributed by atoms with Crippen molar-refractivity contribution in [2.75, 3.05) is 33.7 Å². The summed E-state index contributed by atoms with van der Waals surface area (Å²) in [7, 11) is 3.81. The minimum atomic E-state index is -0.901. The van der Waals surface area contributed by atoms with E-state index in [-0.39, 0.29) is 17.9 Å². The molecule has 4 N–H and O–H groups in total. The quantitative estimate of drug-likeness (QED) is 0.644. The van der Waals surface area contributed by atoms with Crippen LogP contribution in [0.2, 0.25) is 0 Å². The Bertz CT molecular complexity index is 310. The lowest BCUT2D eigenvalue weighted by molar-refractivity contribution is -0.125. The Labute approximate surface area is 122 Å². The van der Waals surface area contributed by atoms with E-state index in [1.54, 1.807) is 6.92 Å². The Morgan fingerprint density at radius 3 is 2.45 bits per heavy atom. The summed E-state index contributed by atoms with van der Waals surface area (Å²) in [6, 6.07) is 0. The standard InChI is InChI=1S/C15H31N3O2/c1-14(20,12-18(2)3)11-17-13(19)9-15(10-16)7-5-4-6-8-15/h20H,4-12,16H2,1-3H3,(H,17,19). The van der Waals surface area contributed by atoms with Crippen molar-refractivity contribution in [1.82, 2.24) is 10.2 Å². The van der Waals surface area contributed by atoms with Crippen LogP contribution in [-0.2, 0) is 4.79 Å². The van der Waals surface area contributed by atoms with Gasteiger partial charge in [-0.15, -0.1) is 0 Å². The zero-order valence-corrected chi connectivity index (χ0v) is 13.2. The van der Waals surface area contributed by atoms with Gasteiger partial charge in [0.05, 0.1) is 5.60 Å². The van der Waals surface area contributed by atoms with Crippen molar-refractivity contribution in [2.24, 2.45) is 11.1 Å². The lowest BCUT2D eigenvalue weighted by Crippen LogP contribution is -2.48. The van der Waals surface area contributed by atoms with Gasteiger partial charge in [0.1, 0.15) is 0 Å². The van der Waals surface area contributed by atoms with Crippen molar-refractivity contribution in [2.45, 2.75) is 51.0 Å². The number of hydrogen-bond acceptors (Lipinski definition) is 4. The SMILES string of the molecule is CN(C)CC(C)(O)CNC(=O)CC1(CN)CCCCC1. The van der Waals surface area contributed by atoms with E-state index in [1.807, 2.05) is 19.0 Å². The fourth-order valence-corrected chi connectivity index (χ4v) is 3.18. The summed E-state index contributed by atoms with van der Waals surface area (Å²) in [5.74, 6) is 0.0105. The minimum Gasteiger partial charge on any atom is -0.387 e. The third-order valence-corrected chi connectivity index (χ3v) is 4.21. The number of aliphatic hydroxyl groups is 1. The molecule has 1 amide bonds. The van der Waals surface area contributed by atoms with Gasteiger partial charge in [-0.1, -0.05) is 19.3 Å². The van der Waals surface area contributed by atoms with E-state index in [9.17, 15) is 9.90 Å². The molecule has 0 spiro atoms. The van der Waals surface area contributed by atoms with Gasteiger partial charge in [-0.3, -0.25) is 4.79 Å². The highest BCUT2D eigenvalue weighted by Crippen LogP contribution is 2.38. The Hall–Kier alpha value is -0.650. The molecule has 0 aromatic heterocycles. The van der Waals surface area contributed by atoms with Crippen LogP contribution >= 0.6 is 0 Å². The van der Waals surface area contributed by atoms with E-state index in [4.69, 9.17) is 5.73 Å². The van der Waals surface area contributed by atoms with Gasteiger partial charge in [-0.05, 0) is 45.8 Å². The highest BCUT2D eigenvalue weighted by Gasteiger charge is 2.33. The van der Waals surface area contributed by atoms with E-state index in [1.165, 1.54) is 19.3 Å². The summed E-state index contributed by atoms with van der Waals surface area (Å²) in [5.41, 5.74) is 4.98. The molecule has 0 saturated heterocycles. The number of nitrogens with one attached hydrogen (secondary N) is 1. The number of amides is 1. The summed E-state index contributed by atoms with van der Waals surface area (Å²) < 4.78 is 0. The van der Waals surface area contributed by atoms with Crippen LogP contribution in [0.1, 0.15) is 45.4 Å². The van der Waals surface area contributed by atoms with Crippen molar-refractivity contribution in [3.8, 4) is 0 Å². The molecule has 5 heteroatoms. The third-order valence-electron chi connectivity index (χ3n) is 4.21. The molecule has 1 aliphatic carbocycles. The van der Waals surface area contributed by atoms with Crippen LogP contribution < -0.4 is 11.1 Å². The van der Waals surface area contributed by atoms with Gasteiger partial charge in [0, 0.05) is 19.5 Å². The molecule has 1 saturated carbocycles. The molecule has 1 unspecified atom stereocenters. The molecule has 0 heterocycles. The van der Waals surface area contributed by atoms with E-state index < -0.39 is 5.60 Å². The van der Waals surface area contributed by atoms with Crippen LogP contribution in [0.3, 0.4) is 0 Å². The van der Waals surface area contributed by atoms with Crippen LogP contribution in [0.15, 0.2) is 0 Å². The lowest BCUT2D eigenvalue weighted by Gasteiger charge is -2.36. The third kappa shape index (κ3) is 5.77. The largest absolute Gasteiger partial charge is 0.387 e. The number of hydrogen-bond donors (Lipinski definition) is 3. The van der Waals surface area contributed by atoms with E-state index in [2.05, 4.69) is 5.32 Å². The van der Waals surface area contributed by atoms with Gasteiger partial charge in [0.2, 0.25) is 5.91 Å².